The van der Waals surface area contributed by atoms with Crippen molar-refractivity contribution in [1.29, 1.82) is 0 Å². The number of amides is 1. The lowest BCUT2D eigenvalue weighted by Gasteiger charge is -2.34. The van der Waals surface area contributed by atoms with E-state index in [-0.39, 0.29) is 12.1 Å². The minimum atomic E-state index is -0.328. The normalized spacial score (nSPS) is 23.3. The van der Waals surface area contributed by atoms with Crippen LogP contribution in [0.2, 0.25) is 0 Å². The summed E-state index contributed by atoms with van der Waals surface area (Å²) in [5, 5.41) is 2.94. The maximum Gasteiger partial charge on any atom is 0.407 e. The predicted octanol–water partition coefficient (Wildman–Crippen LogP) is 1.39. The van der Waals surface area contributed by atoms with Gasteiger partial charge in [0.25, 0.3) is 0 Å². The highest BCUT2D eigenvalue weighted by Gasteiger charge is 2.32. The predicted molar refractivity (Wildman–Crippen MR) is 74.3 cm³/mol. The quantitative estimate of drug-likeness (QED) is 0.903. The van der Waals surface area contributed by atoms with E-state index in [1.807, 2.05) is 30.3 Å². The maximum atomic E-state index is 11.8. The highest BCUT2D eigenvalue weighted by Crippen LogP contribution is 2.17. The Balaban J connectivity index is 1.38. The number of benzene rings is 1. The van der Waals surface area contributed by atoms with Crippen LogP contribution in [0.1, 0.15) is 12.0 Å². The molecule has 108 valence electrons. The van der Waals surface area contributed by atoms with Gasteiger partial charge in [0.1, 0.15) is 6.61 Å². The number of ether oxygens (including phenoxy) is 2. The largest absolute Gasteiger partial charge is 0.445 e. The summed E-state index contributed by atoms with van der Waals surface area (Å²) in [6.45, 7) is 3.89. The van der Waals surface area contributed by atoms with Gasteiger partial charge >= 0.3 is 6.09 Å². The SMILES string of the molecule is O=C(NC1CCN(C2COC2)C1)OCc1ccccc1. The van der Waals surface area contributed by atoms with Crippen LogP contribution >= 0.6 is 0 Å². The molecule has 5 nitrogen and oxygen atoms in total. The Kier molecular flexibility index (Phi) is 4.18. The van der Waals surface area contributed by atoms with Crippen LogP contribution < -0.4 is 5.32 Å². The Morgan fingerprint density at radius 1 is 1.35 bits per heavy atom. The number of hydrogen-bond acceptors (Lipinski definition) is 4. The molecule has 0 spiro atoms. The van der Waals surface area contributed by atoms with E-state index in [1.54, 1.807) is 0 Å². The van der Waals surface area contributed by atoms with Gasteiger partial charge in [-0.05, 0) is 12.0 Å². The van der Waals surface area contributed by atoms with Crippen molar-refractivity contribution in [2.75, 3.05) is 26.3 Å². The first-order chi connectivity index (χ1) is 9.81. The summed E-state index contributed by atoms with van der Waals surface area (Å²) in [4.78, 5) is 14.1. The molecular weight excluding hydrogens is 256 g/mol. The number of likely N-dealkylation sites (tertiary alicyclic amines) is 1. The van der Waals surface area contributed by atoms with E-state index < -0.39 is 0 Å². The third-order valence-corrected chi connectivity index (χ3v) is 3.89. The second-order valence-electron chi connectivity index (χ2n) is 5.38. The Morgan fingerprint density at radius 3 is 2.85 bits per heavy atom. The average molecular weight is 276 g/mol. The molecule has 3 rings (SSSR count). The molecule has 1 aromatic rings. The molecule has 2 saturated heterocycles. The lowest BCUT2D eigenvalue weighted by atomic mass is 10.2. The molecule has 2 heterocycles. The molecule has 1 atom stereocenters. The van der Waals surface area contributed by atoms with Crippen molar-refractivity contribution < 1.29 is 14.3 Å². The summed E-state index contributed by atoms with van der Waals surface area (Å²) in [5.74, 6) is 0. The second-order valence-corrected chi connectivity index (χ2v) is 5.38. The number of carbonyl (C=O) groups is 1. The lowest BCUT2D eigenvalue weighted by molar-refractivity contribution is -0.0575. The molecule has 0 aromatic heterocycles. The smallest absolute Gasteiger partial charge is 0.407 e. The highest BCUT2D eigenvalue weighted by molar-refractivity contribution is 5.67. The molecule has 2 aliphatic heterocycles. The molecule has 1 amide bonds. The van der Waals surface area contributed by atoms with Crippen molar-refractivity contribution in [3.63, 3.8) is 0 Å². The summed E-state index contributed by atoms with van der Waals surface area (Å²) in [5.41, 5.74) is 1.00. The van der Waals surface area contributed by atoms with E-state index in [1.165, 1.54) is 0 Å². The molecule has 1 unspecified atom stereocenters. The molecular formula is C15H20N2O3. The molecule has 5 heteroatoms. The first kappa shape index (κ1) is 13.4. The van der Waals surface area contributed by atoms with E-state index in [4.69, 9.17) is 9.47 Å². The van der Waals surface area contributed by atoms with E-state index in [9.17, 15) is 4.79 Å². The van der Waals surface area contributed by atoms with Gasteiger partial charge in [-0.3, -0.25) is 4.90 Å². The number of alkyl carbamates (subject to hydrolysis) is 1. The van der Waals surface area contributed by atoms with Crippen LogP contribution in [0.3, 0.4) is 0 Å². The number of hydrogen-bond donors (Lipinski definition) is 1. The first-order valence-electron chi connectivity index (χ1n) is 7.10. The summed E-state index contributed by atoms with van der Waals surface area (Å²) in [6.07, 6.45) is 0.655. The van der Waals surface area contributed by atoms with Crippen LogP contribution in [0.5, 0.6) is 0 Å². The van der Waals surface area contributed by atoms with Gasteiger partial charge in [0.2, 0.25) is 0 Å². The third kappa shape index (κ3) is 3.29. The minimum Gasteiger partial charge on any atom is -0.445 e. The van der Waals surface area contributed by atoms with Gasteiger partial charge in [0.05, 0.1) is 19.3 Å². The Hall–Kier alpha value is -1.59. The van der Waals surface area contributed by atoms with Crippen LogP contribution in [0, 0.1) is 0 Å². The van der Waals surface area contributed by atoms with Crippen LogP contribution in [0.25, 0.3) is 0 Å². The Bertz CT molecular complexity index is 448. The first-order valence-corrected chi connectivity index (χ1v) is 7.10. The van der Waals surface area contributed by atoms with Crippen LogP contribution in [-0.4, -0.2) is 49.4 Å². The van der Waals surface area contributed by atoms with E-state index >= 15 is 0 Å². The average Bonchev–Trinajstić information content (AvgIpc) is 2.84. The van der Waals surface area contributed by atoms with Crippen molar-refractivity contribution in [2.45, 2.75) is 25.1 Å². The summed E-state index contributed by atoms with van der Waals surface area (Å²) < 4.78 is 10.4. The summed E-state index contributed by atoms with van der Waals surface area (Å²) >= 11 is 0. The van der Waals surface area contributed by atoms with Crippen molar-refractivity contribution in [1.82, 2.24) is 10.2 Å². The zero-order valence-corrected chi connectivity index (χ0v) is 11.5. The Labute approximate surface area is 118 Å². The van der Waals surface area contributed by atoms with Crippen LogP contribution in [0.4, 0.5) is 4.79 Å². The molecule has 20 heavy (non-hydrogen) atoms. The molecule has 0 radical (unpaired) electrons. The minimum absolute atomic E-state index is 0.193. The van der Waals surface area contributed by atoms with Crippen molar-refractivity contribution in [3.8, 4) is 0 Å². The van der Waals surface area contributed by atoms with Gasteiger partial charge in [-0.15, -0.1) is 0 Å². The molecule has 2 fully saturated rings. The van der Waals surface area contributed by atoms with Gasteiger partial charge in [-0.25, -0.2) is 4.79 Å². The third-order valence-electron chi connectivity index (χ3n) is 3.89. The number of nitrogens with zero attached hydrogens (tertiary/aromatic N) is 1. The van der Waals surface area contributed by atoms with E-state index in [0.29, 0.717) is 12.6 Å². The van der Waals surface area contributed by atoms with Gasteiger partial charge in [0.15, 0.2) is 0 Å². The topological polar surface area (TPSA) is 50.8 Å². The fraction of sp³-hybridized carbons (Fsp3) is 0.533. The van der Waals surface area contributed by atoms with Gasteiger partial charge in [-0.2, -0.15) is 0 Å². The molecule has 1 aromatic carbocycles. The molecule has 1 N–H and O–H groups in total. The Morgan fingerprint density at radius 2 is 2.15 bits per heavy atom. The monoisotopic (exact) mass is 276 g/mol. The summed E-state index contributed by atoms with van der Waals surface area (Å²) in [7, 11) is 0. The van der Waals surface area contributed by atoms with Crippen molar-refractivity contribution in [2.24, 2.45) is 0 Å². The zero-order chi connectivity index (χ0) is 13.8. The zero-order valence-electron chi connectivity index (χ0n) is 11.5. The van der Waals surface area contributed by atoms with Crippen LogP contribution in [-0.2, 0) is 16.1 Å². The summed E-state index contributed by atoms with van der Waals surface area (Å²) in [6, 6.07) is 10.4. The van der Waals surface area contributed by atoms with Gasteiger partial charge in [-0.1, -0.05) is 30.3 Å². The lowest BCUT2D eigenvalue weighted by Crippen LogP contribution is -2.49. The van der Waals surface area contributed by atoms with Crippen molar-refractivity contribution in [3.05, 3.63) is 35.9 Å². The van der Waals surface area contributed by atoms with E-state index in [0.717, 1.165) is 38.3 Å². The number of carbonyl (C=O) groups excluding carboxylic acids is 1. The van der Waals surface area contributed by atoms with E-state index in [2.05, 4.69) is 10.2 Å². The fourth-order valence-electron chi connectivity index (χ4n) is 2.60. The van der Waals surface area contributed by atoms with Gasteiger partial charge < -0.3 is 14.8 Å². The second kappa shape index (κ2) is 6.24. The molecule has 0 saturated carbocycles. The van der Waals surface area contributed by atoms with Crippen molar-refractivity contribution >= 4 is 6.09 Å². The van der Waals surface area contributed by atoms with Crippen LogP contribution in [0.15, 0.2) is 30.3 Å². The molecule has 0 bridgehead atoms. The maximum absolute atomic E-state index is 11.8. The molecule has 2 aliphatic rings. The number of rotatable bonds is 4. The fourth-order valence-corrected chi connectivity index (χ4v) is 2.60. The molecule has 0 aliphatic carbocycles. The van der Waals surface area contributed by atoms with Gasteiger partial charge in [0, 0.05) is 19.1 Å². The standard InChI is InChI=1S/C15H20N2O3/c18-15(20-9-12-4-2-1-3-5-12)16-13-6-7-17(8-13)14-10-19-11-14/h1-5,13-14H,6-11H2,(H,16,18). The number of nitrogens with one attached hydrogen (secondary N) is 1. The highest BCUT2D eigenvalue weighted by atomic mass is 16.5.